The first-order valence-electron chi connectivity index (χ1n) is 7.34. The van der Waals surface area contributed by atoms with Crippen molar-refractivity contribution in [2.75, 3.05) is 13.2 Å². The van der Waals surface area contributed by atoms with Gasteiger partial charge in [0.15, 0.2) is 0 Å². The number of piperidine rings is 1. The summed E-state index contributed by atoms with van der Waals surface area (Å²) < 4.78 is 5.75. The summed E-state index contributed by atoms with van der Waals surface area (Å²) in [5.41, 5.74) is 2.32. The van der Waals surface area contributed by atoms with Gasteiger partial charge in [0, 0.05) is 23.6 Å². The zero-order valence-electron chi connectivity index (χ0n) is 11.8. The van der Waals surface area contributed by atoms with Crippen LogP contribution in [0, 0.1) is 0 Å². The van der Waals surface area contributed by atoms with E-state index in [1.165, 1.54) is 5.56 Å². The minimum Gasteiger partial charge on any atom is -0.493 e. The number of rotatable bonds is 3. The number of halogens is 1. The fraction of sp³-hybridized carbons (Fsp3) is 0.562. The van der Waals surface area contributed by atoms with Gasteiger partial charge in [-0.05, 0) is 44.0 Å². The summed E-state index contributed by atoms with van der Waals surface area (Å²) in [6, 6.07) is 4.03. The number of hydrogen-bond acceptors (Lipinski definition) is 3. The van der Waals surface area contributed by atoms with Crippen LogP contribution >= 0.6 is 11.6 Å². The fourth-order valence-corrected chi connectivity index (χ4v) is 3.59. The van der Waals surface area contributed by atoms with Gasteiger partial charge in [-0.25, -0.2) is 0 Å². The third-order valence-corrected chi connectivity index (χ3v) is 4.50. The van der Waals surface area contributed by atoms with Crippen molar-refractivity contribution in [3.63, 3.8) is 0 Å². The number of carbonyl (C=O) groups is 1. The summed E-state index contributed by atoms with van der Waals surface area (Å²) >= 11 is 6.20. The van der Waals surface area contributed by atoms with Crippen molar-refractivity contribution < 1.29 is 9.53 Å². The molecule has 3 rings (SSSR count). The molecule has 1 fully saturated rings. The van der Waals surface area contributed by atoms with Gasteiger partial charge in [0.2, 0.25) is 0 Å². The number of Topliss-reactive ketones (excluding diaryl/α,β-unsaturated/α-hetero) is 1. The van der Waals surface area contributed by atoms with Crippen LogP contribution in [-0.4, -0.2) is 29.9 Å². The van der Waals surface area contributed by atoms with Crippen LogP contribution in [0.4, 0.5) is 0 Å². The van der Waals surface area contributed by atoms with Crippen LogP contribution in [0.5, 0.6) is 5.75 Å². The lowest BCUT2D eigenvalue weighted by atomic mass is 9.98. The van der Waals surface area contributed by atoms with E-state index in [1.807, 2.05) is 12.1 Å². The van der Waals surface area contributed by atoms with Crippen molar-refractivity contribution in [1.82, 2.24) is 4.90 Å². The summed E-state index contributed by atoms with van der Waals surface area (Å²) in [6.45, 7) is 4.17. The minimum absolute atomic E-state index is 0.0554. The Morgan fingerprint density at radius 3 is 3.10 bits per heavy atom. The van der Waals surface area contributed by atoms with Crippen molar-refractivity contribution in [1.29, 1.82) is 0 Å². The van der Waals surface area contributed by atoms with Gasteiger partial charge in [-0.15, -0.1) is 0 Å². The van der Waals surface area contributed by atoms with Gasteiger partial charge in [-0.3, -0.25) is 9.69 Å². The molecule has 2 aliphatic rings. The quantitative estimate of drug-likeness (QED) is 0.857. The molecule has 0 amide bonds. The number of nitrogens with zero attached hydrogens (tertiary/aromatic N) is 1. The highest BCUT2D eigenvalue weighted by molar-refractivity contribution is 6.30. The van der Waals surface area contributed by atoms with E-state index in [0.29, 0.717) is 0 Å². The summed E-state index contributed by atoms with van der Waals surface area (Å²) in [7, 11) is 0. The van der Waals surface area contributed by atoms with E-state index < -0.39 is 0 Å². The summed E-state index contributed by atoms with van der Waals surface area (Å²) in [5.74, 6) is 1.26. The molecular weight excluding hydrogens is 274 g/mol. The first kappa shape index (κ1) is 13.9. The van der Waals surface area contributed by atoms with E-state index in [4.69, 9.17) is 16.3 Å². The molecule has 2 heterocycles. The lowest BCUT2D eigenvalue weighted by Gasteiger charge is -2.34. The van der Waals surface area contributed by atoms with Gasteiger partial charge in [0.1, 0.15) is 11.5 Å². The van der Waals surface area contributed by atoms with E-state index >= 15 is 0 Å². The topological polar surface area (TPSA) is 29.5 Å². The molecule has 1 aromatic rings. The molecule has 4 heteroatoms. The molecule has 1 aromatic carbocycles. The van der Waals surface area contributed by atoms with E-state index in [-0.39, 0.29) is 11.8 Å². The van der Waals surface area contributed by atoms with Crippen LogP contribution in [0.1, 0.15) is 37.3 Å². The lowest BCUT2D eigenvalue weighted by Crippen LogP contribution is -2.43. The van der Waals surface area contributed by atoms with Crippen molar-refractivity contribution in [3.05, 3.63) is 28.3 Å². The van der Waals surface area contributed by atoms with Gasteiger partial charge in [0.05, 0.1) is 12.6 Å². The molecule has 1 unspecified atom stereocenters. The molecular formula is C16H20ClNO2. The van der Waals surface area contributed by atoms with Crippen LogP contribution in [0.2, 0.25) is 5.02 Å². The van der Waals surface area contributed by atoms with E-state index in [0.717, 1.165) is 61.7 Å². The second kappa shape index (κ2) is 5.74. The average molecular weight is 294 g/mol. The summed E-state index contributed by atoms with van der Waals surface area (Å²) in [5, 5.41) is 0.764. The second-order valence-electron chi connectivity index (χ2n) is 5.74. The molecule has 2 aliphatic heterocycles. The van der Waals surface area contributed by atoms with Crippen LogP contribution < -0.4 is 4.74 Å². The van der Waals surface area contributed by atoms with Crippen LogP contribution in [0.15, 0.2) is 12.1 Å². The molecule has 0 bridgehead atoms. The van der Waals surface area contributed by atoms with Gasteiger partial charge < -0.3 is 4.74 Å². The number of ether oxygens (including phenoxy) is 1. The number of ketones is 1. The number of benzene rings is 1. The summed E-state index contributed by atoms with van der Waals surface area (Å²) in [4.78, 5) is 14.1. The molecule has 0 spiro atoms. The third-order valence-electron chi connectivity index (χ3n) is 4.28. The summed E-state index contributed by atoms with van der Waals surface area (Å²) in [6.07, 6.45) is 4.20. The maximum Gasteiger partial charge on any atom is 0.146 e. The predicted molar refractivity (Wildman–Crippen MR) is 79.4 cm³/mol. The molecule has 108 valence electrons. The number of likely N-dealkylation sites (tertiary alicyclic amines) is 1. The highest BCUT2D eigenvalue weighted by atomic mass is 35.5. The molecule has 0 radical (unpaired) electrons. The second-order valence-corrected chi connectivity index (χ2v) is 6.18. The molecule has 20 heavy (non-hydrogen) atoms. The SMILES string of the molecule is CC(=O)C1CCCCN1Cc1cc(Cl)cc2c1OCC2. The van der Waals surface area contributed by atoms with Crippen LogP contribution in [0.25, 0.3) is 0 Å². The monoisotopic (exact) mass is 293 g/mol. The van der Waals surface area contributed by atoms with Crippen molar-refractivity contribution in [2.24, 2.45) is 0 Å². The Labute approximate surface area is 124 Å². The molecule has 1 atom stereocenters. The Kier molecular flexibility index (Phi) is 3.99. The molecule has 0 aromatic heterocycles. The van der Waals surface area contributed by atoms with Gasteiger partial charge in [-0.1, -0.05) is 18.0 Å². The lowest BCUT2D eigenvalue weighted by molar-refractivity contribution is -0.123. The zero-order valence-corrected chi connectivity index (χ0v) is 12.6. The average Bonchev–Trinajstić information content (AvgIpc) is 2.87. The highest BCUT2D eigenvalue weighted by Crippen LogP contribution is 2.34. The van der Waals surface area contributed by atoms with E-state index in [1.54, 1.807) is 6.92 Å². The standard InChI is InChI=1S/C16H20ClNO2/c1-11(19)15-4-2-3-6-18(15)10-13-9-14(17)8-12-5-7-20-16(12)13/h8-9,15H,2-7,10H2,1H3. The normalized spacial score (nSPS) is 22.4. The number of carbonyl (C=O) groups excluding carboxylic acids is 1. The molecule has 0 saturated carbocycles. The van der Waals surface area contributed by atoms with E-state index in [2.05, 4.69) is 4.90 Å². The molecule has 1 saturated heterocycles. The van der Waals surface area contributed by atoms with Gasteiger partial charge >= 0.3 is 0 Å². The van der Waals surface area contributed by atoms with Crippen LogP contribution in [0.3, 0.4) is 0 Å². The Morgan fingerprint density at radius 2 is 2.30 bits per heavy atom. The first-order valence-corrected chi connectivity index (χ1v) is 7.71. The minimum atomic E-state index is 0.0554. The first-order chi connectivity index (χ1) is 9.65. The number of hydrogen-bond donors (Lipinski definition) is 0. The Bertz CT molecular complexity index is 529. The molecule has 3 nitrogen and oxygen atoms in total. The molecule has 0 N–H and O–H groups in total. The fourth-order valence-electron chi connectivity index (χ4n) is 3.32. The Balaban J connectivity index is 1.85. The Hall–Kier alpha value is -1.06. The van der Waals surface area contributed by atoms with Gasteiger partial charge in [-0.2, -0.15) is 0 Å². The maximum absolute atomic E-state index is 11.8. The maximum atomic E-state index is 11.8. The van der Waals surface area contributed by atoms with Crippen molar-refractivity contribution in [3.8, 4) is 5.75 Å². The van der Waals surface area contributed by atoms with Crippen LogP contribution in [-0.2, 0) is 17.8 Å². The highest BCUT2D eigenvalue weighted by Gasteiger charge is 2.28. The van der Waals surface area contributed by atoms with E-state index in [9.17, 15) is 4.79 Å². The third kappa shape index (κ3) is 2.70. The number of fused-ring (bicyclic) bond motifs is 1. The van der Waals surface area contributed by atoms with Gasteiger partial charge in [0.25, 0.3) is 0 Å². The van der Waals surface area contributed by atoms with Crippen molar-refractivity contribution in [2.45, 2.75) is 45.2 Å². The zero-order chi connectivity index (χ0) is 14.1. The largest absolute Gasteiger partial charge is 0.493 e. The molecule has 0 aliphatic carbocycles. The predicted octanol–water partition coefficient (Wildman–Crippen LogP) is 3.22. The Morgan fingerprint density at radius 1 is 1.45 bits per heavy atom. The van der Waals surface area contributed by atoms with Crippen molar-refractivity contribution >= 4 is 17.4 Å². The smallest absolute Gasteiger partial charge is 0.146 e.